The fourth-order valence-corrected chi connectivity index (χ4v) is 3.14. The van der Waals surface area contributed by atoms with Crippen LogP contribution in [0.25, 0.3) is 0 Å². The summed E-state index contributed by atoms with van der Waals surface area (Å²) in [6.45, 7) is 6.17. The summed E-state index contributed by atoms with van der Waals surface area (Å²) in [4.78, 5) is 18.0. The standard InChI is InChI=1S/C18H22FN5/c1-13-11-17(22-18(21-13)14-4-5-14)24-9-7-23(8-10-24)12-16-15(19)3-2-6-20-16/h2-3,6,11,14H,4-5,7-10,12H2,1H3. The van der Waals surface area contributed by atoms with Gasteiger partial charge in [-0.15, -0.1) is 0 Å². The molecule has 0 amide bonds. The molecule has 0 bridgehead atoms. The van der Waals surface area contributed by atoms with E-state index in [4.69, 9.17) is 4.98 Å². The highest BCUT2D eigenvalue weighted by Gasteiger charge is 2.28. The second kappa shape index (κ2) is 6.43. The first-order valence-electron chi connectivity index (χ1n) is 8.61. The Labute approximate surface area is 141 Å². The minimum absolute atomic E-state index is 0.222. The molecule has 0 spiro atoms. The molecular weight excluding hydrogens is 305 g/mol. The monoisotopic (exact) mass is 327 g/mol. The van der Waals surface area contributed by atoms with E-state index >= 15 is 0 Å². The molecule has 2 aliphatic rings. The highest BCUT2D eigenvalue weighted by Crippen LogP contribution is 2.38. The van der Waals surface area contributed by atoms with Gasteiger partial charge in [0, 0.05) is 56.6 Å². The Morgan fingerprint density at radius 1 is 1.17 bits per heavy atom. The quantitative estimate of drug-likeness (QED) is 0.863. The number of hydrogen-bond acceptors (Lipinski definition) is 5. The van der Waals surface area contributed by atoms with Gasteiger partial charge in [-0.2, -0.15) is 0 Å². The maximum Gasteiger partial charge on any atom is 0.146 e. The van der Waals surface area contributed by atoms with Gasteiger partial charge in [0.25, 0.3) is 0 Å². The Kier molecular flexibility index (Phi) is 4.14. The molecule has 3 heterocycles. The van der Waals surface area contributed by atoms with Crippen molar-refractivity contribution in [3.8, 4) is 0 Å². The van der Waals surface area contributed by atoms with Gasteiger partial charge in [-0.1, -0.05) is 0 Å². The molecule has 0 atom stereocenters. The maximum absolute atomic E-state index is 13.7. The Hall–Kier alpha value is -2.08. The van der Waals surface area contributed by atoms with E-state index in [-0.39, 0.29) is 5.82 Å². The van der Waals surface area contributed by atoms with Gasteiger partial charge in [-0.3, -0.25) is 9.88 Å². The molecule has 1 saturated carbocycles. The van der Waals surface area contributed by atoms with Crippen LogP contribution in [-0.2, 0) is 6.54 Å². The topological polar surface area (TPSA) is 45.2 Å². The molecule has 0 unspecified atom stereocenters. The number of pyridine rings is 1. The minimum atomic E-state index is -0.222. The fraction of sp³-hybridized carbons (Fsp3) is 0.500. The van der Waals surface area contributed by atoms with Crippen LogP contribution in [0.2, 0.25) is 0 Å². The lowest BCUT2D eigenvalue weighted by Gasteiger charge is -2.35. The number of aromatic nitrogens is 3. The first kappa shape index (κ1) is 15.4. The van der Waals surface area contributed by atoms with Crippen molar-refractivity contribution in [2.75, 3.05) is 31.1 Å². The summed E-state index contributed by atoms with van der Waals surface area (Å²) in [7, 11) is 0. The van der Waals surface area contributed by atoms with Crippen LogP contribution in [0.15, 0.2) is 24.4 Å². The number of aryl methyl sites for hydroxylation is 1. The van der Waals surface area contributed by atoms with Crippen molar-refractivity contribution in [1.82, 2.24) is 19.9 Å². The lowest BCUT2D eigenvalue weighted by atomic mass is 10.2. The summed E-state index contributed by atoms with van der Waals surface area (Å²) in [5.74, 6) is 2.38. The molecule has 0 N–H and O–H groups in total. The smallest absolute Gasteiger partial charge is 0.146 e. The van der Waals surface area contributed by atoms with E-state index in [0.29, 0.717) is 18.2 Å². The van der Waals surface area contributed by atoms with Gasteiger partial charge in [0.1, 0.15) is 17.5 Å². The predicted molar refractivity (Wildman–Crippen MR) is 90.4 cm³/mol. The molecule has 5 nitrogen and oxygen atoms in total. The zero-order chi connectivity index (χ0) is 16.5. The molecule has 4 rings (SSSR count). The van der Waals surface area contributed by atoms with Crippen molar-refractivity contribution in [1.29, 1.82) is 0 Å². The van der Waals surface area contributed by atoms with Gasteiger partial charge in [-0.05, 0) is 31.9 Å². The second-order valence-corrected chi connectivity index (χ2v) is 6.70. The average molecular weight is 327 g/mol. The van der Waals surface area contributed by atoms with Crippen LogP contribution in [0.5, 0.6) is 0 Å². The zero-order valence-electron chi connectivity index (χ0n) is 14.0. The lowest BCUT2D eigenvalue weighted by Crippen LogP contribution is -2.46. The molecule has 1 aliphatic carbocycles. The third kappa shape index (κ3) is 3.38. The number of nitrogens with zero attached hydrogens (tertiary/aromatic N) is 5. The van der Waals surface area contributed by atoms with E-state index in [1.165, 1.54) is 18.9 Å². The highest BCUT2D eigenvalue weighted by molar-refractivity contribution is 5.41. The van der Waals surface area contributed by atoms with Crippen LogP contribution in [0, 0.1) is 12.7 Å². The maximum atomic E-state index is 13.7. The van der Waals surface area contributed by atoms with Crippen molar-refractivity contribution in [3.05, 3.63) is 47.4 Å². The molecule has 1 saturated heterocycles. The van der Waals surface area contributed by atoms with Crippen molar-refractivity contribution >= 4 is 5.82 Å². The molecular formula is C18H22FN5. The van der Waals surface area contributed by atoms with Crippen molar-refractivity contribution < 1.29 is 4.39 Å². The lowest BCUT2D eigenvalue weighted by molar-refractivity contribution is 0.243. The molecule has 0 radical (unpaired) electrons. The first-order chi connectivity index (χ1) is 11.7. The summed E-state index contributed by atoms with van der Waals surface area (Å²) in [6.07, 6.45) is 4.08. The number of piperazine rings is 1. The van der Waals surface area contributed by atoms with Crippen molar-refractivity contribution in [2.45, 2.75) is 32.2 Å². The predicted octanol–water partition coefficient (Wildman–Crippen LogP) is 2.52. The zero-order valence-corrected chi connectivity index (χ0v) is 14.0. The Balaban J connectivity index is 1.40. The molecule has 0 aromatic carbocycles. The number of anilines is 1. The van der Waals surface area contributed by atoms with Gasteiger partial charge >= 0.3 is 0 Å². The molecule has 1 aliphatic heterocycles. The Morgan fingerprint density at radius 2 is 1.96 bits per heavy atom. The van der Waals surface area contributed by atoms with E-state index in [1.807, 2.05) is 6.92 Å². The van der Waals surface area contributed by atoms with Gasteiger partial charge < -0.3 is 4.90 Å². The first-order valence-corrected chi connectivity index (χ1v) is 8.61. The molecule has 24 heavy (non-hydrogen) atoms. The van der Waals surface area contributed by atoms with E-state index in [9.17, 15) is 4.39 Å². The fourth-order valence-electron chi connectivity index (χ4n) is 3.14. The minimum Gasteiger partial charge on any atom is -0.354 e. The summed E-state index contributed by atoms with van der Waals surface area (Å²) in [5.41, 5.74) is 1.57. The summed E-state index contributed by atoms with van der Waals surface area (Å²) < 4.78 is 13.7. The van der Waals surface area contributed by atoms with Gasteiger partial charge in [0.2, 0.25) is 0 Å². The molecule has 126 valence electrons. The normalized spacial score (nSPS) is 18.8. The van der Waals surface area contributed by atoms with E-state index < -0.39 is 0 Å². The Morgan fingerprint density at radius 3 is 2.67 bits per heavy atom. The van der Waals surface area contributed by atoms with E-state index in [2.05, 4.69) is 25.8 Å². The van der Waals surface area contributed by atoms with E-state index in [1.54, 1.807) is 12.3 Å². The molecule has 2 aromatic rings. The van der Waals surface area contributed by atoms with Crippen molar-refractivity contribution in [2.24, 2.45) is 0 Å². The average Bonchev–Trinajstić information content (AvgIpc) is 3.42. The highest BCUT2D eigenvalue weighted by atomic mass is 19.1. The number of rotatable bonds is 4. The third-order valence-electron chi connectivity index (χ3n) is 4.70. The molecule has 2 aromatic heterocycles. The SMILES string of the molecule is Cc1cc(N2CCN(Cc3ncccc3F)CC2)nc(C2CC2)n1. The third-order valence-corrected chi connectivity index (χ3v) is 4.70. The number of hydrogen-bond donors (Lipinski definition) is 0. The van der Waals surface area contributed by atoms with Crippen LogP contribution < -0.4 is 4.90 Å². The second-order valence-electron chi connectivity index (χ2n) is 6.70. The van der Waals surface area contributed by atoms with E-state index in [0.717, 1.165) is 43.5 Å². The van der Waals surface area contributed by atoms with Crippen LogP contribution in [0.3, 0.4) is 0 Å². The van der Waals surface area contributed by atoms with Gasteiger partial charge in [0.05, 0.1) is 5.69 Å². The number of halogens is 1. The Bertz CT molecular complexity index is 723. The molecule has 2 fully saturated rings. The van der Waals surface area contributed by atoms with Crippen LogP contribution in [-0.4, -0.2) is 46.0 Å². The van der Waals surface area contributed by atoms with Crippen molar-refractivity contribution in [3.63, 3.8) is 0 Å². The van der Waals surface area contributed by atoms with Crippen LogP contribution >= 0.6 is 0 Å². The summed E-state index contributed by atoms with van der Waals surface area (Å²) in [6, 6.07) is 5.17. The van der Waals surface area contributed by atoms with Crippen LogP contribution in [0.4, 0.5) is 10.2 Å². The van der Waals surface area contributed by atoms with Gasteiger partial charge in [-0.25, -0.2) is 14.4 Å². The largest absolute Gasteiger partial charge is 0.354 e. The summed E-state index contributed by atoms with van der Waals surface area (Å²) in [5, 5.41) is 0. The molecule has 6 heteroatoms. The van der Waals surface area contributed by atoms with Crippen LogP contribution in [0.1, 0.15) is 36.0 Å². The van der Waals surface area contributed by atoms with Gasteiger partial charge in [0.15, 0.2) is 0 Å². The summed E-state index contributed by atoms with van der Waals surface area (Å²) >= 11 is 0.